The van der Waals surface area contributed by atoms with Crippen LogP contribution in [0.5, 0.6) is 0 Å². The van der Waals surface area contributed by atoms with Crippen molar-refractivity contribution in [1.82, 2.24) is 4.90 Å². The minimum Gasteiger partial charge on any atom is -0.447 e. The Morgan fingerprint density at radius 2 is 2.33 bits per heavy atom. The Bertz CT molecular complexity index is 241. The molecule has 0 aromatic rings. The molecule has 1 saturated carbocycles. The predicted octanol–water partition coefficient (Wildman–Crippen LogP) is 1.09. The molecule has 3 rings (SSSR count). The molecule has 66 valence electrons. The van der Waals surface area contributed by atoms with Gasteiger partial charge in [0.05, 0.1) is 6.04 Å². The molecular formula is C9H13NO2. The molecule has 2 aliphatic heterocycles. The number of cyclic esters (lactones) is 1. The lowest BCUT2D eigenvalue weighted by atomic mass is 9.65. The maximum absolute atomic E-state index is 11.2. The van der Waals surface area contributed by atoms with Gasteiger partial charge in [0.25, 0.3) is 0 Å². The number of carbonyl (C=O) groups is 1. The molecule has 1 aliphatic carbocycles. The lowest BCUT2D eigenvalue weighted by molar-refractivity contribution is 0.0955. The summed E-state index contributed by atoms with van der Waals surface area (Å²) in [6.45, 7) is 3.89. The van der Waals surface area contributed by atoms with Gasteiger partial charge >= 0.3 is 6.09 Å². The van der Waals surface area contributed by atoms with E-state index in [0.717, 1.165) is 24.3 Å². The van der Waals surface area contributed by atoms with Gasteiger partial charge in [0.2, 0.25) is 0 Å². The second-order valence-electron chi connectivity index (χ2n) is 4.34. The van der Waals surface area contributed by atoms with E-state index in [1.165, 1.54) is 6.42 Å². The fraction of sp³-hybridized carbons (Fsp3) is 0.889. The van der Waals surface area contributed by atoms with Crippen LogP contribution >= 0.6 is 0 Å². The molecule has 0 radical (unpaired) electrons. The molecule has 3 fully saturated rings. The molecule has 4 atom stereocenters. The monoisotopic (exact) mass is 167 g/mol. The summed E-state index contributed by atoms with van der Waals surface area (Å²) < 4.78 is 4.99. The smallest absolute Gasteiger partial charge is 0.410 e. The zero-order valence-corrected chi connectivity index (χ0v) is 7.19. The molecule has 0 unspecified atom stereocenters. The number of carbonyl (C=O) groups excluding carboxylic acids is 1. The van der Waals surface area contributed by atoms with Crippen LogP contribution in [-0.2, 0) is 4.74 Å². The maximum atomic E-state index is 11.2. The zero-order valence-electron chi connectivity index (χ0n) is 7.19. The highest BCUT2D eigenvalue weighted by molar-refractivity contribution is 5.70. The Kier molecular flexibility index (Phi) is 1.10. The van der Waals surface area contributed by atoms with Crippen LogP contribution in [0.15, 0.2) is 0 Å². The molecule has 0 N–H and O–H groups in total. The van der Waals surface area contributed by atoms with E-state index in [0.29, 0.717) is 12.6 Å². The number of hydrogen-bond acceptors (Lipinski definition) is 2. The zero-order chi connectivity index (χ0) is 8.29. The van der Waals surface area contributed by atoms with Crippen molar-refractivity contribution in [3.63, 3.8) is 0 Å². The van der Waals surface area contributed by atoms with Crippen molar-refractivity contribution in [1.29, 1.82) is 0 Å². The summed E-state index contributed by atoms with van der Waals surface area (Å²) in [5.41, 5.74) is 0. The third-order valence-electron chi connectivity index (χ3n) is 3.84. The van der Waals surface area contributed by atoms with Crippen LogP contribution < -0.4 is 0 Å². The van der Waals surface area contributed by atoms with E-state index >= 15 is 0 Å². The minimum atomic E-state index is -0.0819. The van der Waals surface area contributed by atoms with Crippen molar-refractivity contribution in [2.75, 3.05) is 13.2 Å². The first-order chi connectivity index (χ1) is 5.77. The topological polar surface area (TPSA) is 29.5 Å². The average Bonchev–Trinajstić information content (AvgIpc) is 2.51. The Morgan fingerprint density at radius 3 is 3.08 bits per heavy atom. The van der Waals surface area contributed by atoms with Gasteiger partial charge in [-0.15, -0.1) is 0 Å². The van der Waals surface area contributed by atoms with Gasteiger partial charge in [-0.3, -0.25) is 0 Å². The van der Waals surface area contributed by atoms with Crippen LogP contribution in [-0.4, -0.2) is 30.2 Å². The highest BCUT2D eigenvalue weighted by Crippen LogP contribution is 2.50. The molecule has 3 nitrogen and oxygen atoms in total. The number of nitrogens with zero attached hydrogens (tertiary/aromatic N) is 1. The first-order valence-corrected chi connectivity index (χ1v) is 4.71. The van der Waals surface area contributed by atoms with E-state index in [1.54, 1.807) is 0 Å². The van der Waals surface area contributed by atoms with E-state index in [2.05, 4.69) is 6.92 Å². The molecule has 3 aliphatic rings. The largest absolute Gasteiger partial charge is 0.447 e. The predicted molar refractivity (Wildman–Crippen MR) is 42.6 cm³/mol. The summed E-state index contributed by atoms with van der Waals surface area (Å²) in [7, 11) is 0. The summed E-state index contributed by atoms with van der Waals surface area (Å²) in [6, 6.07) is 0.429. The Balaban J connectivity index is 1.85. The Labute approximate surface area is 71.7 Å². The lowest BCUT2D eigenvalue weighted by Crippen LogP contribution is -2.38. The summed E-state index contributed by atoms with van der Waals surface area (Å²) in [4.78, 5) is 13.1. The third-order valence-corrected chi connectivity index (χ3v) is 3.84. The van der Waals surface area contributed by atoms with Crippen molar-refractivity contribution in [3.8, 4) is 0 Å². The minimum absolute atomic E-state index is 0.0819. The van der Waals surface area contributed by atoms with Crippen LogP contribution in [0.25, 0.3) is 0 Å². The molecule has 1 amide bonds. The van der Waals surface area contributed by atoms with Crippen molar-refractivity contribution < 1.29 is 9.53 Å². The van der Waals surface area contributed by atoms with E-state index in [1.807, 2.05) is 4.90 Å². The second-order valence-corrected chi connectivity index (χ2v) is 4.34. The normalized spacial score (nSPS) is 49.8. The summed E-state index contributed by atoms with van der Waals surface area (Å²) in [5.74, 6) is 2.36. The number of ether oxygens (including phenoxy) is 1. The van der Waals surface area contributed by atoms with Crippen LogP contribution in [0.3, 0.4) is 0 Å². The quantitative estimate of drug-likeness (QED) is 0.540. The van der Waals surface area contributed by atoms with Crippen LogP contribution in [0.2, 0.25) is 0 Å². The highest BCUT2D eigenvalue weighted by atomic mass is 16.6. The fourth-order valence-electron chi connectivity index (χ4n) is 3.02. The lowest BCUT2D eigenvalue weighted by Gasteiger charge is -2.38. The maximum Gasteiger partial charge on any atom is 0.410 e. The van der Waals surface area contributed by atoms with Crippen molar-refractivity contribution >= 4 is 6.09 Å². The van der Waals surface area contributed by atoms with Crippen LogP contribution in [0.4, 0.5) is 4.79 Å². The van der Waals surface area contributed by atoms with Crippen molar-refractivity contribution in [2.24, 2.45) is 17.8 Å². The van der Waals surface area contributed by atoms with Gasteiger partial charge in [0.15, 0.2) is 0 Å². The fourth-order valence-corrected chi connectivity index (χ4v) is 3.02. The first-order valence-electron chi connectivity index (χ1n) is 4.71. The molecule has 2 saturated heterocycles. The third kappa shape index (κ3) is 0.609. The summed E-state index contributed by atoms with van der Waals surface area (Å²) in [6.07, 6.45) is 1.21. The molecule has 12 heavy (non-hydrogen) atoms. The average molecular weight is 167 g/mol. The molecule has 0 aromatic heterocycles. The number of hydrogen-bond donors (Lipinski definition) is 0. The molecular weight excluding hydrogens is 154 g/mol. The van der Waals surface area contributed by atoms with Gasteiger partial charge in [-0.1, -0.05) is 6.92 Å². The van der Waals surface area contributed by atoms with Gasteiger partial charge in [0.1, 0.15) is 6.61 Å². The number of amides is 1. The van der Waals surface area contributed by atoms with Gasteiger partial charge in [-0.25, -0.2) is 4.79 Å². The van der Waals surface area contributed by atoms with E-state index in [-0.39, 0.29) is 6.09 Å². The van der Waals surface area contributed by atoms with Gasteiger partial charge in [-0.05, 0) is 24.2 Å². The molecule has 0 spiro atoms. The van der Waals surface area contributed by atoms with Crippen molar-refractivity contribution in [2.45, 2.75) is 19.4 Å². The standard InChI is InChI=1S/C9H13NO2/c1-5-2-6-7(5)3-10-8(6)4-12-9(10)11/h5-8H,2-4H2,1H3/t5-,6-,7+,8+/m1/s1. The molecule has 2 heterocycles. The Hall–Kier alpha value is -0.730. The molecule has 0 bridgehead atoms. The van der Waals surface area contributed by atoms with Crippen LogP contribution in [0.1, 0.15) is 13.3 Å². The van der Waals surface area contributed by atoms with Gasteiger partial charge in [0, 0.05) is 6.54 Å². The van der Waals surface area contributed by atoms with E-state index in [4.69, 9.17) is 4.74 Å². The molecule has 3 heteroatoms. The first kappa shape index (κ1) is 6.75. The van der Waals surface area contributed by atoms with E-state index < -0.39 is 0 Å². The summed E-state index contributed by atoms with van der Waals surface area (Å²) >= 11 is 0. The SMILES string of the molecule is C[C@@H]1C[C@@H]2[C@H]1CN1C(=O)OC[C@@H]21. The highest BCUT2D eigenvalue weighted by Gasteiger charge is 2.55. The Morgan fingerprint density at radius 1 is 1.50 bits per heavy atom. The van der Waals surface area contributed by atoms with Gasteiger partial charge < -0.3 is 9.64 Å². The van der Waals surface area contributed by atoms with E-state index in [9.17, 15) is 4.79 Å². The second kappa shape index (κ2) is 1.95. The number of fused-ring (bicyclic) bond motifs is 3. The molecule has 0 aromatic carbocycles. The van der Waals surface area contributed by atoms with Gasteiger partial charge in [-0.2, -0.15) is 0 Å². The number of rotatable bonds is 0. The summed E-state index contributed by atoms with van der Waals surface area (Å²) in [5, 5.41) is 0. The van der Waals surface area contributed by atoms with Crippen molar-refractivity contribution in [3.05, 3.63) is 0 Å². The van der Waals surface area contributed by atoms with Crippen LogP contribution in [0, 0.1) is 17.8 Å².